The number of aryl methyl sites for hydroxylation is 1. The number of ketones is 1. The quantitative estimate of drug-likeness (QED) is 0.804. The summed E-state index contributed by atoms with van der Waals surface area (Å²) in [5.41, 5.74) is 1.01. The maximum atomic E-state index is 11.6. The van der Waals surface area contributed by atoms with Crippen LogP contribution >= 0.6 is 15.9 Å². The van der Waals surface area contributed by atoms with E-state index in [0.29, 0.717) is 12.8 Å². The molecule has 0 radical (unpaired) electrons. The van der Waals surface area contributed by atoms with Crippen molar-refractivity contribution in [3.8, 4) is 11.5 Å². The molecule has 0 saturated heterocycles. The number of ether oxygens (including phenoxy) is 2. The lowest BCUT2D eigenvalue weighted by atomic mass is 10.0. The normalized spacial score (nSPS) is 10.6. The molecule has 18 heavy (non-hydrogen) atoms. The van der Waals surface area contributed by atoms with Crippen LogP contribution in [0.25, 0.3) is 0 Å². The zero-order valence-corrected chi connectivity index (χ0v) is 12.8. The average molecular weight is 315 g/mol. The fourth-order valence-electron chi connectivity index (χ4n) is 1.70. The molecular weight excluding hydrogens is 296 g/mol. The standard InChI is InChI=1S/C14H19BrO3/c1-9(2)11(16)7-5-10-6-8-12(17-3)13(15)14(10)18-4/h6,8-9H,5,7H2,1-4H3. The van der Waals surface area contributed by atoms with Crippen LogP contribution in [0.4, 0.5) is 0 Å². The predicted octanol–water partition coefficient (Wildman–Crippen LogP) is 3.62. The molecule has 0 amide bonds. The molecule has 0 spiro atoms. The van der Waals surface area contributed by atoms with Gasteiger partial charge in [-0.1, -0.05) is 19.9 Å². The Balaban J connectivity index is 2.89. The van der Waals surface area contributed by atoms with E-state index < -0.39 is 0 Å². The monoisotopic (exact) mass is 314 g/mol. The number of methoxy groups -OCH3 is 2. The highest BCUT2D eigenvalue weighted by Gasteiger charge is 2.14. The lowest BCUT2D eigenvalue weighted by Crippen LogP contribution is -2.08. The van der Waals surface area contributed by atoms with Gasteiger partial charge in [-0.25, -0.2) is 0 Å². The van der Waals surface area contributed by atoms with Crippen molar-refractivity contribution in [2.75, 3.05) is 14.2 Å². The minimum absolute atomic E-state index is 0.0812. The van der Waals surface area contributed by atoms with Gasteiger partial charge in [0.15, 0.2) is 0 Å². The number of halogens is 1. The van der Waals surface area contributed by atoms with Crippen LogP contribution in [0.15, 0.2) is 16.6 Å². The molecule has 0 N–H and O–H groups in total. The number of carbonyl (C=O) groups excluding carboxylic acids is 1. The van der Waals surface area contributed by atoms with E-state index in [1.807, 2.05) is 26.0 Å². The van der Waals surface area contributed by atoms with E-state index >= 15 is 0 Å². The molecule has 0 bridgehead atoms. The number of hydrogen-bond acceptors (Lipinski definition) is 3. The first kappa shape index (κ1) is 15.0. The second kappa shape index (κ2) is 6.78. The molecule has 1 aromatic rings. The molecule has 0 atom stereocenters. The molecule has 0 heterocycles. The zero-order chi connectivity index (χ0) is 13.7. The molecule has 100 valence electrons. The van der Waals surface area contributed by atoms with E-state index in [4.69, 9.17) is 9.47 Å². The summed E-state index contributed by atoms with van der Waals surface area (Å²) in [6.07, 6.45) is 1.22. The predicted molar refractivity (Wildman–Crippen MR) is 75.4 cm³/mol. The number of benzene rings is 1. The van der Waals surface area contributed by atoms with Crippen molar-refractivity contribution in [1.82, 2.24) is 0 Å². The Kier molecular flexibility index (Phi) is 5.66. The Labute approximate surface area is 117 Å². The van der Waals surface area contributed by atoms with Crippen LogP contribution in [0.5, 0.6) is 11.5 Å². The van der Waals surface area contributed by atoms with Gasteiger partial charge in [0, 0.05) is 12.3 Å². The van der Waals surface area contributed by atoms with Crippen molar-refractivity contribution < 1.29 is 14.3 Å². The fraction of sp³-hybridized carbons (Fsp3) is 0.500. The van der Waals surface area contributed by atoms with Crippen molar-refractivity contribution in [2.45, 2.75) is 26.7 Å². The number of carbonyl (C=O) groups is 1. The van der Waals surface area contributed by atoms with Crippen LogP contribution in [0.3, 0.4) is 0 Å². The smallest absolute Gasteiger partial charge is 0.140 e. The molecule has 0 aromatic heterocycles. The molecule has 1 aromatic carbocycles. The van der Waals surface area contributed by atoms with Gasteiger partial charge in [-0.3, -0.25) is 4.79 Å². The number of hydrogen-bond donors (Lipinski definition) is 0. The Morgan fingerprint density at radius 3 is 2.44 bits per heavy atom. The van der Waals surface area contributed by atoms with Gasteiger partial charge in [0.25, 0.3) is 0 Å². The summed E-state index contributed by atoms with van der Waals surface area (Å²) in [5.74, 6) is 1.82. The number of rotatable bonds is 6. The molecular formula is C14H19BrO3. The molecule has 0 saturated carbocycles. The summed E-state index contributed by atoms with van der Waals surface area (Å²) in [4.78, 5) is 11.6. The van der Waals surface area contributed by atoms with E-state index in [1.54, 1.807) is 14.2 Å². The first-order valence-electron chi connectivity index (χ1n) is 5.93. The highest BCUT2D eigenvalue weighted by Crippen LogP contribution is 2.37. The van der Waals surface area contributed by atoms with Crippen LogP contribution in [0.1, 0.15) is 25.8 Å². The molecule has 0 aliphatic rings. The second-order valence-electron chi connectivity index (χ2n) is 4.40. The van der Waals surface area contributed by atoms with Gasteiger partial charge in [-0.15, -0.1) is 0 Å². The Morgan fingerprint density at radius 2 is 1.94 bits per heavy atom. The summed E-state index contributed by atoms with van der Waals surface area (Å²) in [6, 6.07) is 3.82. The van der Waals surface area contributed by atoms with Gasteiger partial charge in [0.1, 0.15) is 21.8 Å². The summed E-state index contributed by atoms with van der Waals surface area (Å²) >= 11 is 3.45. The van der Waals surface area contributed by atoms with Crippen molar-refractivity contribution in [3.63, 3.8) is 0 Å². The number of Topliss-reactive ketones (excluding diaryl/α,β-unsaturated/α-hetero) is 1. The first-order chi connectivity index (χ1) is 8.51. The highest BCUT2D eigenvalue weighted by molar-refractivity contribution is 9.10. The van der Waals surface area contributed by atoms with Gasteiger partial charge in [0.05, 0.1) is 14.2 Å². The largest absolute Gasteiger partial charge is 0.495 e. The molecule has 3 nitrogen and oxygen atoms in total. The Morgan fingerprint density at radius 1 is 1.28 bits per heavy atom. The second-order valence-corrected chi connectivity index (χ2v) is 5.19. The van der Waals surface area contributed by atoms with Crippen molar-refractivity contribution in [2.24, 2.45) is 5.92 Å². The van der Waals surface area contributed by atoms with Crippen molar-refractivity contribution >= 4 is 21.7 Å². The lowest BCUT2D eigenvalue weighted by molar-refractivity contribution is -0.121. The molecule has 0 aliphatic heterocycles. The molecule has 1 rings (SSSR count). The minimum atomic E-state index is 0.0812. The third kappa shape index (κ3) is 3.48. The maximum Gasteiger partial charge on any atom is 0.140 e. The van der Waals surface area contributed by atoms with Crippen LogP contribution in [0, 0.1) is 5.92 Å². The summed E-state index contributed by atoms with van der Waals surface area (Å²) in [5, 5.41) is 0. The topological polar surface area (TPSA) is 35.5 Å². The van der Waals surface area contributed by atoms with Gasteiger partial charge in [-0.2, -0.15) is 0 Å². The van der Waals surface area contributed by atoms with E-state index in [2.05, 4.69) is 15.9 Å². The van der Waals surface area contributed by atoms with Crippen LogP contribution in [-0.4, -0.2) is 20.0 Å². The van der Waals surface area contributed by atoms with Crippen LogP contribution in [0.2, 0.25) is 0 Å². The van der Waals surface area contributed by atoms with Gasteiger partial charge in [0.2, 0.25) is 0 Å². The van der Waals surface area contributed by atoms with Crippen molar-refractivity contribution in [3.05, 3.63) is 22.2 Å². The summed E-state index contributed by atoms with van der Waals surface area (Å²) in [7, 11) is 3.23. The lowest BCUT2D eigenvalue weighted by Gasteiger charge is -2.13. The zero-order valence-electron chi connectivity index (χ0n) is 11.2. The average Bonchev–Trinajstić information content (AvgIpc) is 2.35. The maximum absolute atomic E-state index is 11.6. The third-order valence-corrected chi connectivity index (χ3v) is 3.60. The van der Waals surface area contributed by atoms with Crippen LogP contribution in [-0.2, 0) is 11.2 Å². The van der Waals surface area contributed by atoms with Crippen molar-refractivity contribution in [1.29, 1.82) is 0 Å². The van der Waals surface area contributed by atoms with Gasteiger partial charge in [-0.05, 0) is 34.0 Å². The summed E-state index contributed by atoms with van der Waals surface area (Å²) in [6.45, 7) is 3.84. The minimum Gasteiger partial charge on any atom is -0.495 e. The van der Waals surface area contributed by atoms with Crippen LogP contribution < -0.4 is 9.47 Å². The third-order valence-electron chi connectivity index (χ3n) is 2.85. The molecule has 0 fully saturated rings. The fourth-order valence-corrected chi connectivity index (χ4v) is 2.41. The Hall–Kier alpha value is -1.03. The van der Waals surface area contributed by atoms with E-state index in [0.717, 1.165) is 21.5 Å². The SMILES string of the molecule is COc1ccc(CCC(=O)C(C)C)c(OC)c1Br. The molecule has 0 unspecified atom stereocenters. The molecule has 4 heteroatoms. The van der Waals surface area contributed by atoms with E-state index in [9.17, 15) is 4.79 Å². The van der Waals surface area contributed by atoms with Gasteiger partial charge >= 0.3 is 0 Å². The Bertz CT molecular complexity index is 427. The first-order valence-corrected chi connectivity index (χ1v) is 6.72. The van der Waals surface area contributed by atoms with E-state index in [1.165, 1.54) is 0 Å². The highest BCUT2D eigenvalue weighted by atomic mass is 79.9. The summed E-state index contributed by atoms with van der Waals surface area (Å²) < 4.78 is 11.4. The van der Waals surface area contributed by atoms with E-state index in [-0.39, 0.29) is 11.7 Å². The van der Waals surface area contributed by atoms with Gasteiger partial charge < -0.3 is 9.47 Å². The molecule has 0 aliphatic carbocycles.